The van der Waals surface area contributed by atoms with Gasteiger partial charge in [0, 0.05) is 28.4 Å². The summed E-state index contributed by atoms with van der Waals surface area (Å²) in [6, 6.07) is 15.9. The Morgan fingerprint density at radius 3 is 2.68 bits per heavy atom. The number of aromatic amines is 1. The highest BCUT2D eigenvalue weighted by Crippen LogP contribution is 2.51. The Hall–Kier alpha value is -2.92. The van der Waals surface area contributed by atoms with Gasteiger partial charge < -0.3 is 5.11 Å². The molecular weight excluding hydrogens is 348 g/mol. The van der Waals surface area contributed by atoms with E-state index in [0.717, 1.165) is 33.4 Å². The van der Waals surface area contributed by atoms with Crippen molar-refractivity contribution in [2.24, 2.45) is 0 Å². The van der Waals surface area contributed by atoms with Gasteiger partial charge in [0.25, 0.3) is 0 Å². The lowest BCUT2D eigenvalue weighted by atomic mass is 9.92. The van der Waals surface area contributed by atoms with Crippen molar-refractivity contribution < 1.29 is 5.11 Å². The predicted octanol–water partition coefficient (Wildman–Crippen LogP) is 4.52. The normalized spacial score (nSPS) is 16.4. The first kappa shape index (κ1) is 17.2. The average molecular weight is 372 g/mol. The highest BCUT2D eigenvalue weighted by molar-refractivity contribution is 5.94. The first-order valence-corrected chi connectivity index (χ1v) is 9.80. The maximum Gasteiger partial charge on any atom is 0.0985 e. The minimum atomic E-state index is -0.590. The van der Waals surface area contributed by atoms with E-state index in [9.17, 15) is 5.11 Å². The summed E-state index contributed by atoms with van der Waals surface area (Å²) in [4.78, 5) is 0. The number of aliphatic hydroxyl groups excluding tert-OH is 1. The second-order valence-corrected chi connectivity index (χ2v) is 8.15. The fourth-order valence-electron chi connectivity index (χ4n) is 4.15. The van der Waals surface area contributed by atoms with Gasteiger partial charge in [-0.3, -0.25) is 9.78 Å². The standard InChI is InChI=1S/C23H24N4O/c1-15-21(23(2)11-12-23)22(25-24-15)17-9-6-10-19-18(17)13-27(26-19)14-20(28)16-7-4-3-5-8-16/h3-10,13,20,28H,11-12,14H2,1-2H3,(H,24,25)/t20-/m0/s1. The van der Waals surface area contributed by atoms with Gasteiger partial charge in [0.1, 0.15) is 0 Å². The Morgan fingerprint density at radius 1 is 1.14 bits per heavy atom. The maximum atomic E-state index is 10.6. The van der Waals surface area contributed by atoms with Crippen LogP contribution in [0.15, 0.2) is 54.7 Å². The molecule has 0 saturated heterocycles. The molecule has 5 nitrogen and oxygen atoms in total. The van der Waals surface area contributed by atoms with Gasteiger partial charge in [0.2, 0.25) is 0 Å². The molecule has 2 aromatic carbocycles. The smallest absolute Gasteiger partial charge is 0.0985 e. The molecule has 0 spiro atoms. The molecule has 0 unspecified atom stereocenters. The van der Waals surface area contributed by atoms with Crippen LogP contribution in [-0.2, 0) is 12.0 Å². The average Bonchev–Trinajstić information content (AvgIpc) is 3.12. The molecule has 1 fully saturated rings. The van der Waals surface area contributed by atoms with E-state index in [2.05, 4.69) is 30.1 Å². The van der Waals surface area contributed by atoms with Crippen molar-refractivity contribution in [3.8, 4) is 11.3 Å². The van der Waals surface area contributed by atoms with Crippen molar-refractivity contribution in [1.82, 2.24) is 20.0 Å². The van der Waals surface area contributed by atoms with Crippen LogP contribution in [0.25, 0.3) is 22.2 Å². The molecule has 28 heavy (non-hydrogen) atoms. The SMILES string of the molecule is Cc1[nH]nc(-c2cccc3nn(C[C@H](O)c4ccccc4)cc23)c1C1(C)CC1. The fraction of sp³-hybridized carbons (Fsp3) is 0.304. The Labute approximate surface area is 164 Å². The van der Waals surface area contributed by atoms with Crippen molar-refractivity contribution in [1.29, 1.82) is 0 Å². The Balaban J connectivity index is 1.54. The Kier molecular flexibility index (Phi) is 3.88. The van der Waals surface area contributed by atoms with Crippen LogP contribution < -0.4 is 0 Å². The monoisotopic (exact) mass is 372 g/mol. The lowest BCUT2D eigenvalue weighted by Crippen LogP contribution is -2.08. The zero-order valence-corrected chi connectivity index (χ0v) is 16.2. The van der Waals surface area contributed by atoms with E-state index in [1.165, 1.54) is 18.4 Å². The number of aryl methyl sites for hydroxylation is 1. The highest BCUT2D eigenvalue weighted by Gasteiger charge is 2.43. The van der Waals surface area contributed by atoms with Crippen molar-refractivity contribution in [3.05, 3.63) is 71.5 Å². The second kappa shape index (κ2) is 6.31. The maximum absolute atomic E-state index is 10.6. The summed E-state index contributed by atoms with van der Waals surface area (Å²) in [5.74, 6) is 0. The quantitative estimate of drug-likeness (QED) is 0.541. The van der Waals surface area contributed by atoms with E-state index >= 15 is 0 Å². The van der Waals surface area contributed by atoms with Gasteiger partial charge >= 0.3 is 0 Å². The van der Waals surface area contributed by atoms with Gasteiger partial charge in [-0.25, -0.2) is 0 Å². The third kappa shape index (κ3) is 2.83. The van der Waals surface area contributed by atoms with Crippen LogP contribution in [-0.4, -0.2) is 25.1 Å². The number of aliphatic hydroxyl groups is 1. The molecule has 0 amide bonds. The van der Waals surface area contributed by atoms with Crippen LogP contribution in [0.3, 0.4) is 0 Å². The van der Waals surface area contributed by atoms with Gasteiger partial charge in [0.05, 0.1) is 23.9 Å². The van der Waals surface area contributed by atoms with Crippen molar-refractivity contribution >= 4 is 10.9 Å². The fourth-order valence-corrected chi connectivity index (χ4v) is 4.15. The molecule has 4 aromatic rings. The number of benzene rings is 2. The van der Waals surface area contributed by atoms with Crippen molar-refractivity contribution in [3.63, 3.8) is 0 Å². The summed E-state index contributed by atoms with van der Waals surface area (Å²) in [7, 11) is 0. The minimum Gasteiger partial charge on any atom is -0.386 e. The van der Waals surface area contributed by atoms with E-state index < -0.39 is 6.10 Å². The summed E-state index contributed by atoms with van der Waals surface area (Å²) in [5, 5.41) is 24.2. The summed E-state index contributed by atoms with van der Waals surface area (Å²) >= 11 is 0. The number of hydrogen-bond donors (Lipinski definition) is 2. The van der Waals surface area contributed by atoms with E-state index in [1.54, 1.807) is 0 Å². The summed E-state index contributed by atoms with van der Waals surface area (Å²) in [6.45, 7) is 4.84. The van der Waals surface area contributed by atoms with Crippen molar-refractivity contribution in [2.75, 3.05) is 0 Å². The van der Waals surface area contributed by atoms with Gasteiger partial charge in [-0.1, -0.05) is 49.4 Å². The van der Waals surface area contributed by atoms with E-state index in [4.69, 9.17) is 5.10 Å². The number of aromatic nitrogens is 4. The topological polar surface area (TPSA) is 66.7 Å². The molecule has 0 aliphatic heterocycles. The van der Waals surface area contributed by atoms with E-state index in [-0.39, 0.29) is 5.41 Å². The van der Waals surface area contributed by atoms with Crippen LogP contribution in [0.2, 0.25) is 0 Å². The molecule has 0 bridgehead atoms. The number of H-pyrrole nitrogens is 1. The first-order chi connectivity index (χ1) is 13.5. The number of rotatable bonds is 5. The molecule has 2 heterocycles. The van der Waals surface area contributed by atoms with Crippen LogP contribution in [0.4, 0.5) is 0 Å². The molecule has 5 heteroatoms. The number of hydrogen-bond acceptors (Lipinski definition) is 3. The van der Waals surface area contributed by atoms with Crippen LogP contribution in [0.1, 0.15) is 42.7 Å². The Bertz CT molecular complexity index is 1140. The van der Waals surface area contributed by atoms with Crippen LogP contribution in [0.5, 0.6) is 0 Å². The van der Waals surface area contributed by atoms with Gasteiger partial charge in [-0.05, 0) is 36.8 Å². The van der Waals surface area contributed by atoms with E-state index in [0.29, 0.717) is 6.54 Å². The van der Waals surface area contributed by atoms with Crippen molar-refractivity contribution in [2.45, 2.75) is 44.8 Å². The molecule has 1 aliphatic carbocycles. The van der Waals surface area contributed by atoms with E-state index in [1.807, 2.05) is 53.3 Å². The first-order valence-electron chi connectivity index (χ1n) is 9.80. The summed E-state index contributed by atoms with van der Waals surface area (Å²) in [6.07, 6.45) is 3.85. The third-order valence-electron chi connectivity index (χ3n) is 5.95. The third-order valence-corrected chi connectivity index (χ3v) is 5.95. The lowest BCUT2D eigenvalue weighted by Gasteiger charge is -2.11. The largest absolute Gasteiger partial charge is 0.386 e. The minimum absolute atomic E-state index is 0.230. The van der Waals surface area contributed by atoms with Gasteiger partial charge in [0.15, 0.2) is 0 Å². The molecule has 1 atom stereocenters. The zero-order valence-electron chi connectivity index (χ0n) is 16.2. The predicted molar refractivity (Wildman–Crippen MR) is 110 cm³/mol. The molecule has 0 radical (unpaired) electrons. The molecule has 142 valence electrons. The molecular formula is C23H24N4O. The second-order valence-electron chi connectivity index (χ2n) is 8.15. The van der Waals surface area contributed by atoms with Gasteiger partial charge in [-0.2, -0.15) is 10.2 Å². The molecule has 1 aliphatic rings. The lowest BCUT2D eigenvalue weighted by molar-refractivity contribution is 0.152. The summed E-state index contributed by atoms with van der Waals surface area (Å²) in [5.41, 5.74) is 6.67. The summed E-state index contributed by atoms with van der Waals surface area (Å²) < 4.78 is 1.84. The highest BCUT2D eigenvalue weighted by atomic mass is 16.3. The zero-order chi connectivity index (χ0) is 19.3. The number of nitrogens with zero attached hydrogens (tertiary/aromatic N) is 3. The van der Waals surface area contributed by atoms with Gasteiger partial charge in [-0.15, -0.1) is 0 Å². The number of fused-ring (bicyclic) bond motifs is 1. The van der Waals surface area contributed by atoms with Crippen LogP contribution >= 0.6 is 0 Å². The number of nitrogens with one attached hydrogen (secondary N) is 1. The molecule has 5 rings (SSSR count). The molecule has 2 N–H and O–H groups in total. The molecule has 1 saturated carbocycles. The molecule has 2 aromatic heterocycles. The van der Waals surface area contributed by atoms with Crippen LogP contribution in [0, 0.1) is 6.92 Å². The Morgan fingerprint density at radius 2 is 1.93 bits per heavy atom.